The molecule has 2 aliphatic rings. The van der Waals surface area contributed by atoms with E-state index in [1.807, 2.05) is 64.7 Å². The van der Waals surface area contributed by atoms with E-state index < -0.39 is 0 Å². The van der Waals surface area contributed by atoms with Crippen LogP contribution in [-0.2, 0) is 17.8 Å². The molecule has 6 rings (SSSR count). The molecule has 1 amide bonds. The first-order chi connectivity index (χ1) is 16.0. The molecule has 0 bridgehead atoms. The van der Waals surface area contributed by atoms with E-state index in [1.165, 1.54) is 0 Å². The van der Waals surface area contributed by atoms with Crippen molar-refractivity contribution in [1.29, 1.82) is 0 Å². The zero-order chi connectivity index (χ0) is 22.7. The summed E-state index contributed by atoms with van der Waals surface area (Å²) in [6.45, 7) is 2.65. The summed E-state index contributed by atoms with van der Waals surface area (Å²) in [6, 6.07) is 15.6. The molecule has 0 N–H and O–H groups in total. The fraction of sp³-hybridized carbons (Fsp3) is 0.217. The van der Waals surface area contributed by atoms with Gasteiger partial charge < -0.3 is 4.74 Å². The third-order valence-corrected chi connectivity index (χ3v) is 6.93. The lowest BCUT2D eigenvalue weighted by Gasteiger charge is -2.19. The zero-order valence-corrected chi connectivity index (χ0v) is 19.9. The van der Waals surface area contributed by atoms with Gasteiger partial charge >= 0.3 is 6.09 Å². The number of hydrogen-bond donors (Lipinski definition) is 0. The third kappa shape index (κ3) is 3.34. The maximum Gasteiger partial charge on any atom is 0.411 e. The Bertz CT molecular complexity index is 1390. The first-order valence-corrected chi connectivity index (χ1v) is 11.6. The number of carbonyl (C=O) groups excluding carboxylic acids is 1. The van der Waals surface area contributed by atoms with Crippen molar-refractivity contribution in [3.05, 3.63) is 81.6 Å². The highest BCUT2D eigenvalue weighted by Crippen LogP contribution is 2.36. The van der Waals surface area contributed by atoms with E-state index in [9.17, 15) is 4.79 Å². The quantitative estimate of drug-likeness (QED) is 0.332. The highest BCUT2D eigenvalue weighted by Gasteiger charge is 2.40. The zero-order valence-electron chi connectivity index (χ0n) is 17.5. The molecule has 0 radical (unpaired) electrons. The van der Waals surface area contributed by atoms with Crippen LogP contribution in [0.2, 0.25) is 5.15 Å². The lowest BCUT2D eigenvalue weighted by atomic mass is 10.0. The number of cyclic esters (lactones) is 1. The van der Waals surface area contributed by atoms with Crippen molar-refractivity contribution in [2.24, 2.45) is 0 Å². The molecule has 166 valence electrons. The van der Waals surface area contributed by atoms with Crippen LogP contribution in [0, 0.1) is 0 Å². The molecule has 8 nitrogen and oxygen atoms in total. The number of ether oxygens (including phenoxy) is 1. The van der Waals surface area contributed by atoms with E-state index in [0.717, 1.165) is 27.0 Å². The number of halogens is 2. The van der Waals surface area contributed by atoms with Crippen LogP contribution in [0.1, 0.15) is 30.1 Å². The van der Waals surface area contributed by atoms with Crippen molar-refractivity contribution < 1.29 is 9.53 Å². The maximum atomic E-state index is 12.7. The van der Waals surface area contributed by atoms with Crippen molar-refractivity contribution in [3.8, 4) is 17.1 Å². The van der Waals surface area contributed by atoms with Gasteiger partial charge in [-0.15, -0.1) is 0 Å². The second-order valence-corrected chi connectivity index (χ2v) is 9.38. The molecular weight excluding hydrogens is 508 g/mol. The molecule has 0 spiro atoms. The molecule has 2 unspecified atom stereocenters. The van der Waals surface area contributed by atoms with Crippen LogP contribution < -0.4 is 0 Å². The minimum absolute atomic E-state index is 0.152. The molecule has 10 heteroatoms. The number of benzene rings is 2. The van der Waals surface area contributed by atoms with Gasteiger partial charge in [0.05, 0.1) is 30.5 Å². The highest BCUT2D eigenvalue weighted by molar-refractivity contribution is 9.10. The number of nitrogens with zero attached hydrogens (tertiary/aromatic N) is 6. The fourth-order valence-corrected chi connectivity index (χ4v) is 5.02. The number of fused-ring (bicyclic) bond motifs is 5. The number of amides is 1. The Labute approximate surface area is 202 Å². The average Bonchev–Trinajstić information content (AvgIpc) is 3.44. The molecule has 4 aromatic rings. The standard InChI is InChI=1S/C23H18BrClN6O2/c1-13-20(14-5-3-2-4-6-14)33-23(32)29(13)11-19-27-22-16-9-15(24)7-8-17(16)30-12-26-21(25)18(30)10-31(22)28-19/h2-9,12-13,20H,10-11H2,1H3. The second-order valence-electron chi connectivity index (χ2n) is 8.11. The Morgan fingerprint density at radius 1 is 1.21 bits per heavy atom. The Hall–Kier alpha value is -3.17. The van der Waals surface area contributed by atoms with Gasteiger partial charge in [-0.2, -0.15) is 5.10 Å². The Balaban J connectivity index is 1.36. The van der Waals surface area contributed by atoms with Crippen molar-refractivity contribution in [2.45, 2.75) is 32.2 Å². The molecule has 2 aliphatic heterocycles. The van der Waals surface area contributed by atoms with E-state index in [0.29, 0.717) is 23.3 Å². The van der Waals surface area contributed by atoms with Gasteiger partial charge in [-0.3, -0.25) is 9.47 Å². The predicted octanol–water partition coefficient (Wildman–Crippen LogP) is 4.99. The lowest BCUT2D eigenvalue weighted by Crippen LogP contribution is -2.31. The number of imidazole rings is 1. The molecule has 1 saturated heterocycles. The second kappa shape index (κ2) is 7.71. The predicted molar refractivity (Wildman–Crippen MR) is 125 cm³/mol. The van der Waals surface area contributed by atoms with E-state index >= 15 is 0 Å². The normalized spacial score (nSPS) is 19.0. The minimum Gasteiger partial charge on any atom is -0.439 e. The van der Waals surface area contributed by atoms with Crippen LogP contribution in [0.25, 0.3) is 17.1 Å². The number of rotatable bonds is 3. The molecule has 4 heterocycles. The third-order valence-electron chi connectivity index (χ3n) is 6.12. The largest absolute Gasteiger partial charge is 0.439 e. The lowest BCUT2D eigenvalue weighted by molar-refractivity contribution is 0.130. The van der Waals surface area contributed by atoms with Gasteiger partial charge in [0.2, 0.25) is 0 Å². The van der Waals surface area contributed by atoms with Crippen LogP contribution in [0.5, 0.6) is 0 Å². The van der Waals surface area contributed by atoms with Crippen LogP contribution in [0.3, 0.4) is 0 Å². The summed E-state index contributed by atoms with van der Waals surface area (Å²) < 4.78 is 10.4. The average molecular weight is 526 g/mol. The Morgan fingerprint density at radius 2 is 2.03 bits per heavy atom. The first kappa shape index (κ1) is 20.4. The van der Waals surface area contributed by atoms with E-state index in [4.69, 9.17) is 26.4 Å². The molecule has 1 fully saturated rings. The smallest absolute Gasteiger partial charge is 0.411 e. The Kier molecular flexibility index (Phi) is 4.77. The van der Waals surface area contributed by atoms with Crippen LogP contribution >= 0.6 is 27.5 Å². The minimum atomic E-state index is -0.370. The monoisotopic (exact) mass is 524 g/mol. The fourth-order valence-electron chi connectivity index (χ4n) is 4.46. The van der Waals surface area contributed by atoms with Crippen molar-refractivity contribution in [3.63, 3.8) is 0 Å². The van der Waals surface area contributed by atoms with Crippen LogP contribution in [0.4, 0.5) is 4.79 Å². The van der Waals surface area contributed by atoms with Crippen LogP contribution in [-0.4, -0.2) is 41.4 Å². The van der Waals surface area contributed by atoms with E-state index in [-0.39, 0.29) is 24.8 Å². The molecule has 2 aromatic heterocycles. The summed E-state index contributed by atoms with van der Waals surface area (Å²) in [5, 5.41) is 5.16. The molecule has 0 aliphatic carbocycles. The van der Waals surface area contributed by atoms with Gasteiger partial charge in [0.15, 0.2) is 16.8 Å². The molecule has 2 aromatic carbocycles. The topological polar surface area (TPSA) is 78.1 Å². The number of aromatic nitrogens is 5. The summed E-state index contributed by atoms with van der Waals surface area (Å²) >= 11 is 9.94. The van der Waals surface area contributed by atoms with Gasteiger partial charge in [0.1, 0.15) is 12.4 Å². The summed E-state index contributed by atoms with van der Waals surface area (Å²) in [4.78, 5) is 23.5. The van der Waals surface area contributed by atoms with Gasteiger partial charge in [-0.1, -0.05) is 57.9 Å². The van der Waals surface area contributed by atoms with Gasteiger partial charge in [0, 0.05) is 10.0 Å². The number of hydrogen-bond acceptors (Lipinski definition) is 5. The SMILES string of the molecule is CC1C(c2ccccc2)OC(=O)N1Cc1nc2n(n1)Cc1c(Cl)ncn1-c1ccc(Br)cc1-2. The van der Waals surface area contributed by atoms with E-state index in [2.05, 4.69) is 20.9 Å². The van der Waals surface area contributed by atoms with Crippen molar-refractivity contribution in [2.75, 3.05) is 0 Å². The van der Waals surface area contributed by atoms with Crippen molar-refractivity contribution in [1.82, 2.24) is 29.2 Å². The van der Waals surface area contributed by atoms with Gasteiger partial charge in [-0.25, -0.2) is 19.4 Å². The summed E-state index contributed by atoms with van der Waals surface area (Å²) in [5.74, 6) is 1.25. The molecule has 0 saturated carbocycles. The summed E-state index contributed by atoms with van der Waals surface area (Å²) in [6.07, 6.45) is 1.01. The summed E-state index contributed by atoms with van der Waals surface area (Å²) in [7, 11) is 0. The van der Waals surface area contributed by atoms with Crippen molar-refractivity contribution >= 4 is 33.6 Å². The molecule has 33 heavy (non-hydrogen) atoms. The number of carbonyl (C=O) groups is 1. The highest BCUT2D eigenvalue weighted by atomic mass is 79.9. The van der Waals surface area contributed by atoms with E-state index in [1.54, 1.807) is 11.2 Å². The first-order valence-electron chi connectivity index (χ1n) is 10.5. The Morgan fingerprint density at radius 3 is 2.85 bits per heavy atom. The van der Waals surface area contributed by atoms with Gasteiger partial charge in [-0.05, 0) is 30.7 Å². The maximum absolute atomic E-state index is 12.7. The molecular formula is C23H18BrClN6O2. The summed E-state index contributed by atoms with van der Waals surface area (Å²) in [5.41, 5.74) is 3.61. The van der Waals surface area contributed by atoms with Gasteiger partial charge in [0.25, 0.3) is 0 Å². The van der Waals surface area contributed by atoms with Crippen LogP contribution in [0.15, 0.2) is 59.3 Å². The molecule has 2 atom stereocenters.